The quantitative estimate of drug-likeness (QED) is 0.389. The lowest BCUT2D eigenvalue weighted by atomic mass is 10.1. The number of aromatic nitrogens is 1. The van der Waals surface area contributed by atoms with Gasteiger partial charge in [-0.1, -0.05) is 42.5 Å². The van der Waals surface area contributed by atoms with E-state index in [1.54, 1.807) is 0 Å². The number of fused-ring (bicyclic) bond motifs is 5. The second kappa shape index (κ2) is 3.11. The Kier molecular flexibility index (Phi) is 1.61. The molecule has 2 heterocycles. The van der Waals surface area contributed by atoms with E-state index >= 15 is 0 Å². The second-order valence-electron chi connectivity index (χ2n) is 4.36. The fourth-order valence-electron chi connectivity index (χ4n) is 2.57. The molecule has 0 amide bonds. The highest BCUT2D eigenvalue weighted by Crippen LogP contribution is 2.28. The van der Waals surface area contributed by atoms with Crippen LogP contribution >= 0.6 is 0 Å². The zero-order valence-corrected chi connectivity index (χ0v) is 9.30. The molecule has 0 bridgehead atoms. The van der Waals surface area contributed by atoms with Gasteiger partial charge in [0.05, 0.1) is 11.2 Å². The molecule has 1 aliphatic heterocycles. The highest BCUT2D eigenvalue weighted by atomic mass is 14.9. The van der Waals surface area contributed by atoms with E-state index in [-0.39, 0.29) is 0 Å². The Morgan fingerprint density at radius 3 is 2.65 bits per heavy atom. The zero-order chi connectivity index (χ0) is 11.2. The van der Waals surface area contributed by atoms with Crippen molar-refractivity contribution < 1.29 is 0 Å². The van der Waals surface area contributed by atoms with Crippen LogP contribution < -0.4 is 0 Å². The first kappa shape index (κ1) is 8.82. The van der Waals surface area contributed by atoms with E-state index < -0.39 is 0 Å². The minimum Gasteiger partial charge on any atom is -0.316 e. The molecule has 1 nitrogen and oxygen atoms in total. The monoisotopic (exact) mass is 217 g/mol. The van der Waals surface area contributed by atoms with Gasteiger partial charge >= 0.3 is 0 Å². The fourth-order valence-corrected chi connectivity index (χ4v) is 2.57. The number of hydrogen-bond acceptors (Lipinski definition) is 0. The maximum atomic E-state index is 2.26. The number of benzene rings is 1. The number of rotatable bonds is 0. The molecule has 0 spiro atoms. The molecule has 1 heteroatoms. The van der Waals surface area contributed by atoms with Gasteiger partial charge < -0.3 is 4.40 Å². The third-order valence-corrected chi connectivity index (χ3v) is 3.41. The SMILES string of the molecule is c1cc2ccc3c4ccccc4ccn3c-2c1. The van der Waals surface area contributed by atoms with Crippen LogP contribution in [0, 0.1) is 0 Å². The average Bonchev–Trinajstić information content (AvgIpc) is 2.86. The lowest BCUT2D eigenvalue weighted by molar-refractivity contribution is 1.19. The van der Waals surface area contributed by atoms with Crippen LogP contribution in [-0.2, 0) is 0 Å². The summed E-state index contributed by atoms with van der Waals surface area (Å²) in [7, 11) is 0. The maximum Gasteiger partial charge on any atom is 0.0534 e. The Morgan fingerprint density at radius 2 is 1.65 bits per heavy atom. The Balaban J connectivity index is 2.31. The Bertz CT molecular complexity index is 795. The van der Waals surface area contributed by atoms with Crippen molar-refractivity contribution in [2.24, 2.45) is 0 Å². The van der Waals surface area contributed by atoms with E-state index in [4.69, 9.17) is 0 Å². The van der Waals surface area contributed by atoms with Crippen LogP contribution in [-0.4, -0.2) is 4.40 Å². The summed E-state index contributed by atoms with van der Waals surface area (Å²) in [5.74, 6) is 0. The second-order valence-corrected chi connectivity index (χ2v) is 4.36. The summed E-state index contributed by atoms with van der Waals surface area (Å²) in [5, 5.41) is 2.59. The van der Waals surface area contributed by atoms with Crippen molar-refractivity contribution in [2.45, 2.75) is 0 Å². The first-order valence-electron chi connectivity index (χ1n) is 5.81. The predicted molar refractivity (Wildman–Crippen MR) is 71.5 cm³/mol. The molecule has 0 radical (unpaired) electrons. The average molecular weight is 217 g/mol. The molecule has 1 aromatic carbocycles. The predicted octanol–water partition coefficient (Wildman–Crippen LogP) is 4.20. The van der Waals surface area contributed by atoms with Crippen LogP contribution in [0.5, 0.6) is 0 Å². The molecule has 1 aliphatic carbocycles. The van der Waals surface area contributed by atoms with Gasteiger partial charge in [-0.25, -0.2) is 0 Å². The molecule has 2 aliphatic rings. The number of pyridine rings is 2. The highest BCUT2D eigenvalue weighted by Gasteiger charge is 2.07. The van der Waals surface area contributed by atoms with E-state index in [2.05, 4.69) is 71.3 Å². The van der Waals surface area contributed by atoms with Crippen molar-refractivity contribution in [1.82, 2.24) is 4.40 Å². The van der Waals surface area contributed by atoms with Crippen LogP contribution in [0.4, 0.5) is 0 Å². The maximum absolute atomic E-state index is 2.26. The van der Waals surface area contributed by atoms with E-state index in [0.717, 1.165) is 0 Å². The molecular weight excluding hydrogens is 206 g/mol. The molecule has 0 atom stereocenters. The van der Waals surface area contributed by atoms with Gasteiger partial charge in [-0.15, -0.1) is 0 Å². The van der Waals surface area contributed by atoms with E-state index in [9.17, 15) is 0 Å². The van der Waals surface area contributed by atoms with Gasteiger partial charge in [0.25, 0.3) is 0 Å². The lowest BCUT2D eigenvalue weighted by Gasteiger charge is -2.10. The van der Waals surface area contributed by atoms with Crippen molar-refractivity contribution in [1.29, 1.82) is 0 Å². The van der Waals surface area contributed by atoms with Gasteiger partial charge in [-0.05, 0) is 29.1 Å². The third kappa shape index (κ3) is 1.14. The lowest BCUT2D eigenvalue weighted by Crippen LogP contribution is -1.93. The molecule has 4 rings (SSSR count). The fraction of sp³-hybridized carbons (Fsp3) is 0. The molecule has 0 saturated heterocycles. The molecule has 1 aromatic heterocycles. The van der Waals surface area contributed by atoms with Crippen LogP contribution in [0.2, 0.25) is 0 Å². The first-order chi connectivity index (χ1) is 8.43. The largest absolute Gasteiger partial charge is 0.316 e. The Labute approximate surface area is 99.3 Å². The summed E-state index contributed by atoms with van der Waals surface area (Å²) >= 11 is 0. The van der Waals surface area contributed by atoms with Crippen LogP contribution in [0.15, 0.2) is 66.9 Å². The third-order valence-electron chi connectivity index (χ3n) is 3.41. The summed E-state index contributed by atoms with van der Waals surface area (Å²) < 4.78 is 2.26. The summed E-state index contributed by atoms with van der Waals surface area (Å²) in [5.41, 5.74) is 3.83. The minimum atomic E-state index is 1.27. The van der Waals surface area contributed by atoms with Crippen molar-refractivity contribution >= 4 is 16.3 Å². The molecule has 2 aromatic rings. The number of hydrogen-bond donors (Lipinski definition) is 0. The van der Waals surface area contributed by atoms with Gasteiger partial charge in [0.1, 0.15) is 0 Å². The topological polar surface area (TPSA) is 4.41 Å². The summed E-state index contributed by atoms with van der Waals surface area (Å²) in [4.78, 5) is 0. The number of nitrogens with zero attached hydrogens (tertiary/aromatic N) is 1. The van der Waals surface area contributed by atoms with Crippen molar-refractivity contribution in [2.75, 3.05) is 0 Å². The Morgan fingerprint density at radius 1 is 0.706 bits per heavy atom. The zero-order valence-electron chi connectivity index (χ0n) is 9.30. The summed E-state index contributed by atoms with van der Waals surface area (Å²) in [6, 6.07) is 21.5. The summed E-state index contributed by atoms with van der Waals surface area (Å²) in [6.07, 6.45) is 2.15. The van der Waals surface area contributed by atoms with Gasteiger partial charge in [0.15, 0.2) is 0 Å². The van der Waals surface area contributed by atoms with Crippen LogP contribution in [0.1, 0.15) is 0 Å². The Hall–Kier alpha value is -2.28. The molecule has 80 valence electrons. The van der Waals surface area contributed by atoms with E-state index in [1.807, 2.05) is 0 Å². The van der Waals surface area contributed by atoms with Gasteiger partial charge in [-0.3, -0.25) is 0 Å². The van der Waals surface area contributed by atoms with E-state index in [1.165, 1.54) is 27.5 Å². The summed E-state index contributed by atoms with van der Waals surface area (Å²) in [6.45, 7) is 0. The van der Waals surface area contributed by atoms with Gasteiger partial charge in [0, 0.05) is 11.6 Å². The van der Waals surface area contributed by atoms with Gasteiger partial charge in [0.2, 0.25) is 0 Å². The molecular formula is C16H11N. The van der Waals surface area contributed by atoms with Crippen molar-refractivity contribution in [3.05, 3.63) is 66.9 Å². The normalized spacial score (nSPS) is 11.5. The molecule has 0 fully saturated rings. The molecule has 0 unspecified atom stereocenters. The molecule has 0 saturated carbocycles. The van der Waals surface area contributed by atoms with Crippen molar-refractivity contribution in [3.63, 3.8) is 0 Å². The smallest absolute Gasteiger partial charge is 0.0534 e. The highest BCUT2D eigenvalue weighted by molar-refractivity contribution is 5.96. The van der Waals surface area contributed by atoms with Crippen LogP contribution in [0.25, 0.3) is 27.5 Å². The van der Waals surface area contributed by atoms with E-state index in [0.29, 0.717) is 0 Å². The first-order valence-corrected chi connectivity index (χ1v) is 5.81. The molecule has 0 N–H and O–H groups in total. The van der Waals surface area contributed by atoms with Crippen LogP contribution in [0.3, 0.4) is 0 Å². The van der Waals surface area contributed by atoms with Gasteiger partial charge in [-0.2, -0.15) is 0 Å². The minimum absolute atomic E-state index is 1.27. The standard InChI is InChI=1S/C16H11N/c1-2-6-14-12(4-1)10-11-17-15-7-3-5-13(15)8-9-16(14)17/h1-11H. The van der Waals surface area contributed by atoms with Crippen molar-refractivity contribution in [3.8, 4) is 11.3 Å². The molecule has 17 heavy (non-hydrogen) atoms.